The van der Waals surface area contributed by atoms with Gasteiger partial charge in [-0.05, 0) is 121 Å². The van der Waals surface area contributed by atoms with Crippen molar-refractivity contribution < 1.29 is 19.4 Å². The summed E-state index contributed by atoms with van der Waals surface area (Å²) in [5, 5.41) is 15.1. The van der Waals surface area contributed by atoms with Crippen LogP contribution in [0.5, 0.6) is 0 Å². The van der Waals surface area contributed by atoms with E-state index in [0.717, 1.165) is 91.0 Å². The summed E-state index contributed by atoms with van der Waals surface area (Å²) >= 11 is 2.33. The van der Waals surface area contributed by atoms with Crippen LogP contribution in [0.1, 0.15) is 72.8 Å². The Bertz CT molecular complexity index is 2080. The Hall–Kier alpha value is -4.09. The Balaban J connectivity index is 1.38. The second kappa shape index (κ2) is 13.6. The van der Waals surface area contributed by atoms with Crippen LogP contribution in [-0.4, -0.2) is 41.4 Å². The molecular weight excluding hydrogens is 736 g/mol. The summed E-state index contributed by atoms with van der Waals surface area (Å²) in [6, 6.07) is 8.38. The molecule has 8 bridgehead atoms. The van der Waals surface area contributed by atoms with Gasteiger partial charge in [0.15, 0.2) is 0 Å². The zero-order valence-corrected chi connectivity index (χ0v) is 31.9. The maximum absolute atomic E-state index is 12.4. The minimum atomic E-state index is -0.237. The average molecular weight is 780 g/mol. The molecule has 0 spiro atoms. The lowest BCUT2D eigenvalue weighted by Crippen LogP contribution is -2.16. The van der Waals surface area contributed by atoms with Gasteiger partial charge in [0.25, 0.3) is 0 Å². The van der Waals surface area contributed by atoms with Crippen LogP contribution < -0.4 is 5.32 Å². The van der Waals surface area contributed by atoms with Gasteiger partial charge in [-0.15, -0.1) is 0 Å². The third kappa shape index (κ3) is 6.02. The van der Waals surface area contributed by atoms with E-state index in [1.54, 1.807) is 0 Å². The molecule has 1 aliphatic carbocycles. The van der Waals surface area contributed by atoms with Crippen LogP contribution in [0, 0.1) is 15.4 Å². The van der Waals surface area contributed by atoms with Crippen molar-refractivity contribution in [2.75, 3.05) is 7.11 Å². The second-order valence-corrected chi connectivity index (χ2v) is 15.0. The summed E-state index contributed by atoms with van der Waals surface area (Å²) in [7, 11) is 1.43. The van der Waals surface area contributed by atoms with Crippen LogP contribution in [0.15, 0.2) is 131 Å². The van der Waals surface area contributed by atoms with Gasteiger partial charge in [0.2, 0.25) is 0 Å². The van der Waals surface area contributed by atoms with Gasteiger partial charge in [0.05, 0.1) is 54.0 Å². The minimum absolute atomic E-state index is 0.000800. The largest absolute Gasteiger partial charge is 0.511 e. The van der Waals surface area contributed by atoms with Gasteiger partial charge in [-0.1, -0.05) is 26.0 Å². The molecule has 1 saturated heterocycles. The maximum Gasteiger partial charge on any atom is 0.305 e. The van der Waals surface area contributed by atoms with E-state index in [4.69, 9.17) is 24.5 Å². The molecule has 1 aromatic rings. The quantitative estimate of drug-likeness (QED) is 0.203. The highest BCUT2D eigenvalue weighted by Crippen LogP contribution is 2.46. The number of fused-ring (bicyclic) bond motifs is 5. The molecule has 0 radical (unpaired) electrons. The number of nitrogens with zero attached hydrogens (tertiary/aromatic N) is 3. The third-order valence-electron chi connectivity index (χ3n) is 10.8. The monoisotopic (exact) mass is 779 g/mol. The molecule has 1 fully saturated rings. The molecule has 0 saturated carbocycles. The number of halogens is 1. The van der Waals surface area contributed by atoms with Gasteiger partial charge in [-0.2, -0.15) is 0 Å². The Morgan fingerprint density at radius 1 is 1.06 bits per heavy atom. The second-order valence-electron chi connectivity index (χ2n) is 13.7. The molecule has 2 N–H and O–H groups in total. The molecule has 6 aliphatic rings. The molecule has 8 nitrogen and oxygen atoms in total. The maximum atomic E-state index is 12.4. The predicted molar refractivity (Wildman–Crippen MR) is 207 cm³/mol. The highest BCUT2D eigenvalue weighted by Gasteiger charge is 2.41. The van der Waals surface area contributed by atoms with E-state index < -0.39 is 0 Å². The number of benzene rings is 1. The van der Waals surface area contributed by atoms with Crippen molar-refractivity contribution >= 4 is 45.7 Å². The first-order valence-electron chi connectivity index (χ1n) is 17.4. The lowest BCUT2D eigenvalue weighted by atomic mass is 9.86. The van der Waals surface area contributed by atoms with E-state index in [0.29, 0.717) is 31.6 Å². The van der Waals surface area contributed by atoms with Gasteiger partial charge < -0.3 is 19.9 Å². The standard InChI is InChI=1S/C41H43IN4O4/c1-8-27-20(2)30-18-35-38(24(6)50-19-25-10-9-11-26(42)14-25)22(4)32(44-35)16-31-21(3)28(12-13-37(48)49-7)40(45-31)29-15-36(47)39-23(5)33(46-41(29)39)17-34(27)43-30/h9-11,14,16-18,21,24,28,45,47H,8,12-13,15,19H2,1-7H3/t21?,24?,28-/m0/s1/i42-3. The lowest BCUT2D eigenvalue weighted by Gasteiger charge is -2.17. The highest BCUT2D eigenvalue weighted by molar-refractivity contribution is 14.1. The molecule has 7 rings (SSSR count). The fourth-order valence-corrected chi connectivity index (χ4v) is 8.55. The van der Waals surface area contributed by atoms with Crippen LogP contribution >= 0.6 is 22.6 Å². The number of aliphatic imine (C=N–C) groups is 3. The summed E-state index contributed by atoms with van der Waals surface area (Å²) in [4.78, 5) is 27.9. The summed E-state index contributed by atoms with van der Waals surface area (Å²) in [5.74, 6) is 0.143. The van der Waals surface area contributed by atoms with Gasteiger partial charge in [0, 0.05) is 56.4 Å². The Labute approximate surface area is 307 Å². The number of aliphatic hydroxyl groups excluding tert-OH is 1. The van der Waals surface area contributed by atoms with E-state index in [2.05, 4.69) is 105 Å². The number of carbonyl (C=O) groups is 1. The van der Waals surface area contributed by atoms with Crippen molar-refractivity contribution in [1.29, 1.82) is 0 Å². The van der Waals surface area contributed by atoms with Crippen LogP contribution in [0.25, 0.3) is 0 Å². The number of methoxy groups -OCH3 is 1. The number of hydrogen-bond acceptors (Lipinski definition) is 8. The normalized spacial score (nSPS) is 23.3. The summed E-state index contributed by atoms with van der Waals surface area (Å²) in [6.07, 6.45) is 8.19. The number of aliphatic hydroxyl groups is 1. The molecule has 2 unspecified atom stereocenters. The summed E-state index contributed by atoms with van der Waals surface area (Å²) < 4.78 is 12.7. The summed E-state index contributed by atoms with van der Waals surface area (Å²) in [6.45, 7) is 13.2. The van der Waals surface area contributed by atoms with Crippen molar-refractivity contribution in [3.63, 3.8) is 0 Å². The minimum Gasteiger partial charge on any atom is -0.511 e. The van der Waals surface area contributed by atoms with Crippen LogP contribution in [-0.2, 0) is 20.9 Å². The van der Waals surface area contributed by atoms with Crippen LogP contribution in [0.3, 0.4) is 0 Å². The predicted octanol–water partition coefficient (Wildman–Crippen LogP) is 8.82. The molecule has 0 aromatic heterocycles. The first-order chi connectivity index (χ1) is 24.0. The third-order valence-corrected chi connectivity index (χ3v) is 11.5. The van der Waals surface area contributed by atoms with Crippen molar-refractivity contribution in [3.8, 4) is 0 Å². The van der Waals surface area contributed by atoms with Gasteiger partial charge in [-0.25, -0.2) is 15.0 Å². The van der Waals surface area contributed by atoms with E-state index in [9.17, 15) is 9.90 Å². The van der Waals surface area contributed by atoms with E-state index in [1.165, 1.54) is 16.3 Å². The van der Waals surface area contributed by atoms with Crippen molar-refractivity contribution in [1.82, 2.24) is 5.32 Å². The lowest BCUT2D eigenvalue weighted by molar-refractivity contribution is -0.140. The number of esters is 1. The van der Waals surface area contributed by atoms with Gasteiger partial charge >= 0.3 is 5.97 Å². The SMILES string of the molecule is CCC1=C(C)C2=NC1=CC1=C(C)C3=C(O)CC(=C4NC(=CC5=NC(=C2)C(C(C)OCc2cccc([124I])c2)=C5C)C(C)[C@@H]4CCC(=O)OC)C3=N1. The number of nitrogens with one attached hydrogen (secondary N) is 1. The average Bonchev–Trinajstić information content (AvgIpc) is 3.85. The molecule has 0 amide bonds. The molecule has 258 valence electrons. The Morgan fingerprint density at radius 2 is 1.82 bits per heavy atom. The molecule has 9 heteroatoms. The molecular formula is C41H43IN4O4. The van der Waals surface area contributed by atoms with E-state index in [1.807, 2.05) is 6.92 Å². The van der Waals surface area contributed by atoms with Crippen molar-refractivity contribution in [2.45, 2.75) is 79.9 Å². The summed E-state index contributed by atoms with van der Waals surface area (Å²) in [5.41, 5.74) is 15.3. The topological polar surface area (TPSA) is 105 Å². The number of carbonyl (C=O) groups excluding carboxylic acids is 1. The highest BCUT2D eigenvalue weighted by atomic mass is 124. The smallest absolute Gasteiger partial charge is 0.305 e. The Kier molecular flexibility index (Phi) is 9.32. The molecule has 3 atom stereocenters. The van der Waals surface area contributed by atoms with Crippen molar-refractivity contribution in [3.05, 3.63) is 125 Å². The number of hydrogen-bond donors (Lipinski definition) is 2. The first kappa shape index (κ1) is 34.4. The van der Waals surface area contributed by atoms with Gasteiger partial charge in [-0.3, -0.25) is 4.79 Å². The first-order valence-corrected chi connectivity index (χ1v) is 18.5. The fourth-order valence-electron chi connectivity index (χ4n) is 7.94. The van der Waals surface area contributed by atoms with Crippen LogP contribution in [0.2, 0.25) is 0 Å². The van der Waals surface area contributed by atoms with Gasteiger partial charge in [0.1, 0.15) is 5.76 Å². The van der Waals surface area contributed by atoms with E-state index >= 15 is 0 Å². The zero-order valence-electron chi connectivity index (χ0n) is 29.7. The molecule has 1 aromatic carbocycles. The number of allylic oxidation sites excluding steroid dienone is 11. The van der Waals surface area contributed by atoms with Crippen LogP contribution in [0.4, 0.5) is 0 Å². The fraction of sp³-hybridized carbons (Fsp3) is 0.366. The molecule has 5 aliphatic heterocycles. The van der Waals surface area contributed by atoms with Crippen molar-refractivity contribution in [2.24, 2.45) is 26.8 Å². The Morgan fingerprint density at radius 3 is 2.56 bits per heavy atom. The molecule has 50 heavy (non-hydrogen) atoms. The van der Waals surface area contributed by atoms with E-state index in [-0.39, 0.29) is 23.9 Å². The molecule has 5 heterocycles. The number of ether oxygens (including phenoxy) is 2. The number of rotatable bonds is 8. The zero-order chi connectivity index (χ0) is 35.4.